The zero-order valence-corrected chi connectivity index (χ0v) is 21.0. The first kappa shape index (κ1) is 22.8. The highest BCUT2D eigenvalue weighted by molar-refractivity contribution is 5.96. The van der Waals surface area contributed by atoms with Gasteiger partial charge in [0.1, 0.15) is 11.0 Å². The van der Waals surface area contributed by atoms with Gasteiger partial charge in [-0.3, -0.25) is 9.97 Å². The lowest BCUT2D eigenvalue weighted by Gasteiger charge is -2.10. The number of hydrogen-bond acceptors (Lipinski definition) is 4. The fraction of sp³-hybridized carbons (Fsp3) is 0. The SMILES string of the molecule is c1ccc(-n2nc3cc(-c4cccc(-c5cccnc5)c4)cc(-c4cccc(-c5cccnc5)c4)c3n2)cc1. The van der Waals surface area contributed by atoms with Gasteiger partial charge in [-0.2, -0.15) is 4.80 Å². The summed E-state index contributed by atoms with van der Waals surface area (Å²) in [6.07, 6.45) is 7.37. The largest absolute Gasteiger partial charge is 0.264 e. The monoisotopic (exact) mass is 501 g/mol. The van der Waals surface area contributed by atoms with Gasteiger partial charge in [0.2, 0.25) is 0 Å². The van der Waals surface area contributed by atoms with Gasteiger partial charge >= 0.3 is 0 Å². The minimum atomic E-state index is 0.838. The van der Waals surface area contributed by atoms with Gasteiger partial charge < -0.3 is 0 Å². The molecule has 0 aliphatic heterocycles. The highest BCUT2D eigenvalue weighted by Gasteiger charge is 2.15. The molecule has 7 rings (SSSR count). The van der Waals surface area contributed by atoms with Gasteiger partial charge in [-0.25, -0.2) is 0 Å². The Kier molecular flexibility index (Phi) is 5.72. The average Bonchev–Trinajstić information content (AvgIpc) is 3.47. The third kappa shape index (κ3) is 4.47. The van der Waals surface area contributed by atoms with E-state index in [9.17, 15) is 0 Å². The van der Waals surface area contributed by atoms with Gasteiger partial charge in [0, 0.05) is 41.5 Å². The molecule has 5 nitrogen and oxygen atoms in total. The second-order valence-electron chi connectivity index (χ2n) is 9.36. The normalized spacial score (nSPS) is 11.1. The fourth-order valence-electron chi connectivity index (χ4n) is 4.89. The first-order valence-electron chi connectivity index (χ1n) is 12.8. The number of fused-ring (bicyclic) bond motifs is 1. The maximum absolute atomic E-state index is 4.95. The highest BCUT2D eigenvalue weighted by Crippen LogP contribution is 2.36. The Bertz CT molecular complexity index is 1900. The van der Waals surface area contributed by atoms with Crippen LogP contribution in [0.3, 0.4) is 0 Å². The van der Waals surface area contributed by atoms with Crippen molar-refractivity contribution in [2.45, 2.75) is 0 Å². The van der Waals surface area contributed by atoms with E-state index in [-0.39, 0.29) is 0 Å². The van der Waals surface area contributed by atoms with Crippen molar-refractivity contribution in [2.75, 3.05) is 0 Å². The van der Waals surface area contributed by atoms with Gasteiger partial charge in [-0.1, -0.05) is 66.7 Å². The van der Waals surface area contributed by atoms with Crippen LogP contribution in [0.5, 0.6) is 0 Å². The second kappa shape index (κ2) is 9.80. The van der Waals surface area contributed by atoms with Crippen LogP contribution in [0, 0.1) is 0 Å². The molecule has 0 saturated carbocycles. The van der Waals surface area contributed by atoms with Crippen molar-refractivity contribution in [1.82, 2.24) is 25.0 Å². The molecule has 0 spiro atoms. The molecule has 0 amide bonds. The zero-order valence-electron chi connectivity index (χ0n) is 21.0. The molecule has 0 atom stereocenters. The predicted octanol–water partition coefficient (Wildman–Crippen LogP) is 7.88. The molecule has 0 radical (unpaired) electrons. The molecule has 0 aliphatic rings. The summed E-state index contributed by atoms with van der Waals surface area (Å²) in [5, 5.41) is 9.85. The molecule has 4 aromatic carbocycles. The summed E-state index contributed by atoms with van der Waals surface area (Å²) in [7, 11) is 0. The number of nitrogens with zero attached hydrogens (tertiary/aromatic N) is 5. The number of hydrogen-bond donors (Lipinski definition) is 0. The van der Waals surface area contributed by atoms with E-state index >= 15 is 0 Å². The molecule has 0 N–H and O–H groups in total. The maximum Gasteiger partial charge on any atom is 0.121 e. The highest BCUT2D eigenvalue weighted by atomic mass is 15.5. The van der Waals surface area contributed by atoms with E-state index in [1.165, 1.54) is 0 Å². The Morgan fingerprint density at radius 1 is 0.436 bits per heavy atom. The van der Waals surface area contributed by atoms with Gasteiger partial charge in [-0.05, 0) is 76.3 Å². The van der Waals surface area contributed by atoms with Crippen LogP contribution in [-0.4, -0.2) is 25.0 Å². The lowest BCUT2D eigenvalue weighted by Crippen LogP contribution is -1.97. The van der Waals surface area contributed by atoms with Crippen molar-refractivity contribution >= 4 is 11.0 Å². The van der Waals surface area contributed by atoms with Crippen molar-refractivity contribution in [1.29, 1.82) is 0 Å². The third-order valence-corrected chi connectivity index (χ3v) is 6.83. The van der Waals surface area contributed by atoms with Gasteiger partial charge in [0.15, 0.2) is 0 Å². The standard InChI is InChI=1S/C34H23N5/c1-2-14-31(15-3-1)39-37-33-21-30(26-10-4-8-24(18-26)28-12-6-16-35-22-28)20-32(34(33)38-39)27-11-5-9-25(19-27)29-13-7-17-36-23-29/h1-23H. The van der Waals surface area contributed by atoms with Crippen LogP contribution < -0.4 is 0 Å². The minimum absolute atomic E-state index is 0.838. The topological polar surface area (TPSA) is 56.5 Å². The van der Waals surface area contributed by atoms with E-state index in [0.29, 0.717) is 0 Å². The van der Waals surface area contributed by atoms with Crippen molar-refractivity contribution < 1.29 is 0 Å². The van der Waals surface area contributed by atoms with E-state index in [1.54, 1.807) is 17.2 Å². The molecule has 0 aliphatic carbocycles. The van der Waals surface area contributed by atoms with E-state index in [2.05, 4.69) is 82.8 Å². The number of rotatable bonds is 5. The van der Waals surface area contributed by atoms with Crippen LogP contribution in [0.25, 0.3) is 61.2 Å². The first-order chi connectivity index (χ1) is 19.3. The summed E-state index contributed by atoms with van der Waals surface area (Å²) in [5.41, 5.74) is 11.3. The second-order valence-corrected chi connectivity index (χ2v) is 9.36. The minimum Gasteiger partial charge on any atom is -0.264 e. The molecule has 5 heteroatoms. The molecule has 184 valence electrons. The van der Waals surface area contributed by atoms with Crippen molar-refractivity contribution in [2.24, 2.45) is 0 Å². The number of aromatic nitrogens is 5. The Morgan fingerprint density at radius 2 is 1.03 bits per heavy atom. The Balaban J connectivity index is 1.42. The van der Waals surface area contributed by atoms with Crippen LogP contribution in [0.15, 0.2) is 140 Å². The molecule has 7 aromatic rings. The summed E-state index contributed by atoms with van der Waals surface area (Å²) >= 11 is 0. The molecule has 0 saturated heterocycles. The van der Waals surface area contributed by atoms with Crippen LogP contribution >= 0.6 is 0 Å². The van der Waals surface area contributed by atoms with Gasteiger partial charge in [0.05, 0.1) is 5.69 Å². The number of para-hydroxylation sites is 1. The molecule has 0 fully saturated rings. The van der Waals surface area contributed by atoms with E-state index in [0.717, 1.165) is 61.2 Å². The van der Waals surface area contributed by atoms with Crippen molar-refractivity contribution in [3.05, 3.63) is 140 Å². The Labute approximate surface area is 226 Å². The maximum atomic E-state index is 4.95. The molecule has 39 heavy (non-hydrogen) atoms. The predicted molar refractivity (Wildman–Crippen MR) is 156 cm³/mol. The summed E-state index contributed by atoms with van der Waals surface area (Å²) in [4.78, 5) is 10.3. The Hall–Kier alpha value is -5.42. The number of pyridine rings is 2. The van der Waals surface area contributed by atoms with E-state index in [4.69, 9.17) is 10.2 Å². The Morgan fingerprint density at radius 3 is 1.67 bits per heavy atom. The van der Waals surface area contributed by atoms with E-state index in [1.807, 2.05) is 54.9 Å². The van der Waals surface area contributed by atoms with Crippen molar-refractivity contribution in [3.63, 3.8) is 0 Å². The summed E-state index contributed by atoms with van der Waals surface area (Å²) in [5.74, 6) is 0. The fourth-order valence-corrected chi connectivity index (χ4v) is 4.89. The molecule has 0 unspecified atom stereocenters. The molecule has 3 heterocycles. The smallest absolute Gasteiger partial charge is 0.121 e. The quantitative estimate of drug-likeness (QED) is 0.241. The van der Waals surface area contributed by atoms with Crippen LogP contribution in [0.1, 0.15) is 0 Å². The molecule has 3 aromatic heterocycles. The molecular weight excluding hydrogens is 478 g/mol. The van der Waals surface area contributed by atoms with Crippen LogP contribution in [0.4, 0.5) is 0 Å². The third-order valence-electron chi connectivity index (χ3n) is 6.83. The molecular formula is C34H23N5. The van der Waals surface area contributed by atoms with Crippen LogP contribution in [-0.2, 0) is 0 Å². The summed E-state index contributed by atoms with van der Waals surface area (Å²) in [6, 6.07) is 39.5. The average molecular weight is 502 g/mol. The lowest BCUT2D eigenvalue weighted by atomic mass is 9.94. The van der Waals surface area contributed by atoms with E-state index < -0.39 is 0 Å². The van der Waals surface area contributed by atoms with Crippen LogP contribution in [0.2, 0.25) is 0 Å². The summed E-state index contributed by atoms with van der Waals surface area (Å²) < 4.78 is 0. The first-order valence-corrected chi connectivity index (χ1v) is 12.8. The van der Waals surface area contributed by atoms with Gasteiger partial charge in [0.25, 0.3) is 0 Å². The lowest BCUT2D eigenvalue weighted by molar-refractivity contribution is 0.766. The van der Waals surface area contributed by atoms with Gasteiger partial charge in [-0.15, -0.1) is 10.2 Å². The molecule has 0 bridgehead atoms. The van der Waals surface area contributed by atoms with Crippen molar-refractivity contribution in [3.8, 4) is 50.2 Å². The number of benzene rings is 4. The summed E-state index contributed by atoms with van der Waals surface area (Å²) in [6.45, 7) is 0. The zero-order chi connectivity index (χ0) is 26.0.